The van der Waals surface area contributed by atoms with Crippen LogP contribution in [0, 0.1) is 5.92 Å². The fourth-order valence-electron chi connectivity index (χ4n) is 2.08. The Kier molecular flexibility index (Phi) is 3.00. The van der Waals surface area contributed by atoms with Gasteiger partial charge < -0.3 is 0 Å². The summed E-state index contributed by atoms with van der Waals surface area (Å²) in [5.74, 6) is 0.440. The van der Waals surface area contributed by atoms with Crippen molar-refractivity contribution in [3.05, 3.63) is 47.6 Å². The molecule has 0 aliphatic heterocycles. The van der Waals surface area contributed by atoms with E-state index in [1.54, 1.807) is 0 Å². The number of Topliss-reactive ketones (excluding diaryl/α,β-unsaturated/α-hetero) is 1. The topological polar surface area (TPSA) is 17.1 Å². The molecule has 0 saturated carbocycles. The minimum absolute atomic E-state index is 0.127. The first kappa shape index (κ1) is 10.2. The SMILES string of the molecule is CC(CC1=CC=CC1)C(=O)C1=CC=CC1. The second-order valence-electron chi connectivity index (χ2n) is 4.25. The Morgan fingerprint density at radius 2 is 2.00 bits per heavy atom. The van der Waals surface area contributed by atoms with Crippen molar-refractivity contribution >= 4 is 5.78 Å². The van der Waals surface area contributed by atoms with Crippen molar-refractivity contribution in [3.63, 3.8) is 0 Å². The molecule has 78 valence electrons. The van der Waals surface area contributed by atoms with Crippen LogP contribution < -0.4 is 0 Å². The molecule has 0 heterocycles. The largest absolute Gasteiger partial charge is 0.294 e. The number of hydrogen-bond donors (Lipinski definition) is 0. The molecule has 0 radical (unpaired) electrons. The highest BCUT2D eigenvalue weighted by Gasteiger charge is 2.19. The van der Waals surface area contributed by atoms with Crippen molar-refractivity contribution in [3.8, 4) is 0 Å². The number of hydrogen-bond acceptors (Lipinski definition) is 1. The molecule has 1 heteroatoms. The molecule has 0 aromatic rings. The summed E-state index contributed by atoms with van der Waals surface area (Å²) >= 11 is 0. The molecule has 0 N–H and O–H groups in total. The molecule has 0 spiro atoms. The summed E-state index contributed by atoms with van der Waals surface area (Å²) in [4.78, 5) is 12.0. The van der Waals surface area contributed by atoms with Gasteiger partial charge in [-0.05, 0) is 24.8 Å². The van der Waals surface area contributed by atoms with Gasteiger partial charge in [-0.15, -0.1) is 0 Å². The third kappa shape index (κ3) is 2.35. The molecular formula is C14H16O. The summed E-state index contributed by atoms with van der Waals surface area (Å²) in [5, 5.41) is 0. The van der Waals surface area contributed by atoms with Crippen LogP contribution in [0.2, 0.25) is 0 Å². The Balaban J connectivity index is 1.90. The quantitative estimate of drug-likeness (QED) is 0.680. The van der Waals surface area contributed by atoms with Crippen LogP contribution in [0.1, 0.15) is 26.2 Å². The standard InChI is InChI=1S/C14H16O/c1-11(10-12-6-2-3-7-12)14(15)13-8-4-5-9-13/h2-6,8,11H,7,9-10H2,1H3. The molecule has 15 heavy (non-hydrogen) atoms. The van der Waals surface area contributed by atoms with E-state index in [1.807, 2.05) is 25.2 Å². The van der Waals surface area contributed by atoms with Crippen LogP contribution in [-0.2, 0) is 4.79 Å². The highest BCUT2D eigenvalue weighted by molar-refractivity contribution is 5.98. The second kappa shape index (κ2) is 4.43. The van der Waals surface area contributed by atoms with Gasteiger partial charge in [0.15, 0.2) is 5.78 Å². The van der Waals surface area contributed by atoms with Gasteiger partial charge in [0.2, 0.25) is 0 Å². The predicted molar refractivity (Wildman–Crippen MR) is 62.5 cm³/mol. The summed E-state index contributed by atoms with van der Waals surface area (Å²) in [7, 11) is 0. The van der Waals surface area contributed by atoms with Crippen LogP contribution in [0.4, 0.5) is 0 Å². The van der Waals surface area contributed by atoms with Crippen molar-refractivity contribution in [2.24, 2.45) is 5.92 Å². The third-order valence-electron chi connectivity index (χ3n) is 2.95. The Bertz CT molecular complexity index is 380. The lowest BCUT2D eigenvalue weighted by molar-refractivity contribution is -0.118. The molecule has 0 bridgehead atoms. The molecule has 1 unspecified atom stereocenters. The average molecular weight is 200 g/mol. The van der Waals surface area contributed by atoms with E-state index < -0.39 is 0 Å². The maximum absolute atomic E-state index is 12.0. The molecule has 2 aliphatic carbocycles. The van der Waals surface area contributed by atoms with E-state index in [0.717, 1.165) is 24.8 Å². The van der Waals surface area contributed by atoms with Gasteiger partial charge in [-0.2, -0.15) is 0 Å². The number of rotatable bonds is 4. The van der Waals surface area contributed by atoms with E-state index >= 15 is 0 Å². The summed E-state index contributed by atoms with van der Waals surface area (Å²) in [6.45, 7) is 2.03. The highest BCUT2D eigenvalue weighted by Crippen LogP contribution is 2.24. The Morgan fingerprint density at radius 1 is 1.27 bits per heavy atom. The van der Waals surface area contributed by atoms with Crippen molar-refractivity contribution in [2.45, 2.75) is 26.2 Å². The minimum atomic E-state index is 0.127. The zero-order valence-electron chi connectivity index (χ0n) is 9.07. The van der Waals surface area contributed by atoms with E-state index in [4.69, 9.17) is 0 Å². The smallest absolute Gasteiger partial charge is 0.162 e. The van der Waals surface area contributed by atoms with Crippen LogP contribution in [0.3, 0.4) is 0 Å². The lowest BCUT2D eigenvalue weighted by Crippen LogP contribution is -2.13. The predicted octanol–water partition coefficient (Wildman–Crippen LogP) is 3.35. The van der Waals surface area contributed by atoms with Gasteiger partial charge >= 0.3 is 0 Å². The molecule has 0 fully saturated rings. The van der Waals surface area contributed by atoms with Gasteiger partial charge in [0.05, 0.1) is 0 Å². The average Bonchev–Trinajstić information content (AvgIpc) is 2.88. The van der Waals surface area contributed by atoms with Crippen molar-refractivity contribution in [2.75, 3.05) is 0 Å². The van der Waals surface area contributed by atoms with Crippen molar-refractivity contribution < 1.29 is 4.79 Å². The van der Waals surface area contributed by atoms with Gasteiger partial charge in [0.25, 0.3) is 0 Å². The van der Waals surface area contributed by atoms with Crippen LogP contribution in [0.25, 0.3) is 0 Å². The summed E-state index contributed by atoms with van der Waals surface area (Å²) in [6.07, 6.45) is 15.0. The lowest BCUT2D eigenvalue weighted by Gasteiger charge is -2.11. The first-order valence-electron chi connectivity index (χ1n) is 5.52. The fourth-order valence-corrected chi connectivity index (χ4v) is 2.08. The summed E-state index contributed by atoms with van der Waals surface area (Å²) < 4.78 is 0. The second-order valence-corrected chi connectivity index (χ2v) is 4.25. The maximum Gasteiger partial charge on any atom is 0.162 e. The fraction of sp³-hybridized carbons (Fsp3) is 0.357. The van der Waals surface area contributed by atoms with Gasteiger partial charge in [0.1, 0.15) is 0 Å². The van der Waals surface area contributed by atoms with Crippen LogP contribution in [0.15, 0.2) is 47.6 Å². The Hall–Kier alpha value is -1.37. The normalized spacial score (nSPS) is 20.3. The van der Waals surface area contributed by atoms with E-state index in [2.05, 4.69) is 18.2 Å². The molecule has 1 atom stereocenters. The highest BCUT2D eigenvalue weighted by atomic mass is 16.1. The van der Waals surface area contributed by atoms with Gasteiger partial charge in [-0.25, -0.2) is 0 Å². The Labute approximate surface area is 90.9 Å². The molecular weight excluding hydrogens is 184 g/mol. The lowest BCUT2D eigenvalue weighted by atomic mass is 9.92. The summed E-state index contributed by atoms with van der Waals surface area (Å²) in [5.41, 5.74) is 2.34. The zero-order valence-corrected chi connectivity index (χ0v) is 9.07. The number of carbonyl (C=O) groups is 1. The first-order valence-corrected chi connectivity index (χ1v) is 5.52. The first-order chi connectivity index (χ1) is 7.27. The zero-order chi connectivity index (χ0) is 10.7. The number of ketones is 1. The van der Waals surface area contributed by atoms with Crippen LogP contribution >= 0.6 is 0 Å². The summed E-state index contributed by atoms with van der Waals surface area (Å²) in [6, 6.07) is 0. The molecule has 0 aromatic carbocycles. The molecule has 1 nitrogen and oxygen atoms in total. The van der Waals surface area contributed by atoms with E-state index in [9.17, 15) is 4.79 Å². The van der Waals surface area contributed by atoms with E-state index in [-0.39, 0.29) is 5.92 Å². The van der Waals surface area contributed by atoms with Crippen molar-refractivity contribution in [1.82, 2.24) is 0 Å². The molecule has 0 saturated heterocycles. The number of carbonyl (C=O) groups excluding carboxylic acids is 1. The third-order valence-corrected chi connectivity index (χ3v) is 2.95. The van der Waals surface area contributed by atoms with E-state index in [1.165, 1.54) is 5.57 Å². The van der Waals surface area contributed by atoms with Crippen molar-refractivity contribution in [1.29, 1.82) is 0 Å². The molecule has 0 aromatic heterocycles. The number of allylic oxidation sites excluding steroid dienone is 8. The Morgan fingerprint density at radius 3 is 2.60 bits per heavy atom. The molecule has 0 amide bonds. The van der Waals surface area contributed by atoms with Gasteiger partial charge in [-0.3, -0.25) is 4.79 Å². The van der Waals surface area contributed by atoms with Gasteiger partial charge in [0, 0.05) is 5.92 Å². The van der Waals surface area contributed by atoms with E-state index in [0.29, 0.717) is 5.78 Å². The monoisotopic (exact) mass is 200 g/mol. The van der Waals surface area contributed by atoms with Crippen LogP contribution in [-0.4, -0.2) is 5.78 Å². The van der Waals surface area contributed by atoms with Gasteiger partial charge in [-0.1, -0.05) is 49.0 Å². The maximum atomic E-state index is 12.0. The molecule has 2 rings (SSSR count). The minimum Gasteiger partial charge on any atom is -0.294 e. The molecule has 2 aliphatic rings. The van der Waals surface area contributed by atoms with Crippen LogP contribution in [0.5, 0.6) is 0 Å².